The topological polar surface area (TPSA) is 50.5 Å². The molecule has 1 amide bonds. The second-order valence-electron chi connectivity index (χ2n) is 7.19. The largest absolute Gasteiger partial charge is 0.450 e. The van der Waals surface area contributed by atoms with Crippen molar-refractivity contribution in [2.75, 3.05) is 0 Å². The molecule has 4 nitrogen and oxygen atoms in total. The van der Waals surface area contributed by atoms with Crippen molar-refractivity contribution in [2.24, 2.45) is 0 Å². The number of carbonyl (C=O) groups is 1. The van der Waals surface area contributed by atoms with Gasteiger partial charge in [0.05, 0.1) is 17.0 Å². The molecule has 0 saturated carbocycles. The Bertz CT molecular complexity index is 1330. The molecule has 0 N–H and O–H groups in total. The predicted molar refractivity (Wildman–Crippen MR) is 107 cm³/mol. The molecule has 1 aromatic heterocycles. The van der Waals surface area contributed by atoms with Crippen LogP contribution in [0.3, 0.4) is 0 Å². The first kappa shape index (κ1) is 18.2. The lowest BCUT2D eigenvalue weighted by atomic mass is 9.98. The molecule has 0 aliphatic carbocycles. The van der Waals surface area contributed by atoms with Gasteiger partial charge in [0.1, 0.15) is 17.2 Å². The minimum Gasteiger partial charge on any atom is -0.450 e. The summed E-state index contributed by atoms with van der Waals surface area (Å²) in [5, 5.41) is 0.0890. The van der Waals surface area contributed by atoms with Gasteiger partial charge in [0.25, 0.3) is 5.91 Å². The lowest BCUT2D eigenvalue weighted by Crippen LogP contribution is -2.29. The molecule has 0 saturated heterocycles. The van der Waals surface area contributed by atoms with E-state index in [9.17, 15) is 18.4 Å². The summed E-state index contributed by atoms with van der Waals surface area (Å²) in [6.07, 6.45) is 0. The van der Waals surface area contributed by atoms with Gasteiger partial charge in [-0.15, -0.1) is 0 Å². The highest BCUT2D eigenvalue weighted by molar-refractivity contribution is 5.99. The molecule has 1 aliphatic heterocycles. The van der Waals surface area contributed by atoms with Crippen LogP contribution < -0.4 is 5.43 Å². The Balaban J connectivity index is 1.72. The number of nitrogens with zero attached hydrogens (tertiary/aromatic N) is 1. The van der Waals surface area contributed by atoms with Crippen LogP contribution >= 0.6 is 0 Å². The van der Waals surface area contributed by atoms with Crippen LogP contribution in [0.1, 0.15) is 33.3 Å². The molecule has 5 rings (SSSR count). The van der Waals surface area contributed by atoms with Gasteiger partial charge in [-0.2, -0.15) is 0 Å². The van der Waals surface area contributed by atoms with Gasteiger partial charge in [0, 0.05) is 6.54 Å². The molecule has 0 bridgehead atoms. The monoisotopic (exact) mass is 403 g/mol. The van der Waals surface area contributed by atoms with Crippen LogP contribution in [0.4, 0.5) is 8.78 Å². The molecule has 3 aromatic carbocycles. The first-order valence-electron chi connectivity index (χ1n) is 9.39. The highest BCUT2D eigenvalue weighted by Crippen LogP contribution is 2.39. The molecule has 30 heavy (non-hydrogen) atoms. The Hall–Kier alpha value is -3.80. The Labute approximate surface area is 170 Å². The van der Waals surface area contributed by atoms with Crippen LogP contribution in [0, 0.1) is 11.6 Å². The maximum atomic E-state index is 13.8. The summed E-state index contributed by atoms with van der Waals surface area (Å²) < 4.78 is 32.9. The molecule has 4 aromatic rings. The van der Waals surface area contributed by atoms with Crippen molar-refractivity contribution in [2.45, 2.75) is 12.6 Å². The van der Waals surface area contributed by atoms with E-state index in [1.165, 1.54) is 29.2 Å². The highest BCUT2D eigenvalue weighted by Gasteiger charge is 2.42. The fourth-order valence-corrected chi connectivity index (χ4v) is 3.92. The van der Waals surface area contributed by atoms with Crippen molar-refractivity contribution in [1.82, 2.24) is 4.90 Å². The number of hydrogen-bond donors (Lipinski definition) is 0. The van der Waals surface area contributed by atoms with Gasteiger partial charge < -0.3 is 9.32 Å². The van der Waals surface area contributed by atoms with E-state index in [4.69, 9.17) is 4.42 Å². The molecule has 2 heterocycles. The van der Waals surface area contributed by atoms with Gasteiger partial charge in [0.2, 0.25) is 5.76 Å². The van der Waals surface area contributed by atoms with Crippen molar-refractivity contribution >= 4 is 16.9 Å². The standard InChI is InChI=1S/C24H15F2NO3/c25-16-8-6-14(7-9-16)13-27-21(15-4-2-1-3-5-15)20-22(28)18-12-17(26)10-11-19(18)30-23(20)24(27)29/h1-12,21H,13H2. The van der Waals surface area contributed by atoms with Gasteiger partial charge in [-0.3, -0.25) is 9.59 Å². The molecule has 148 valence electrons. The van der Waals surface area contributed by atoms with Crippen LogP contribution in [0.5, 0.6) is 0 Å². The van der Waals surface area contributed by atoms with Crippen molar-refractivity contribution in [3.63, 3.8) is 0 Å². The molecule has 1 atom stereocenters. The van der Waals surface area contributed by atoms with Crippen molar-refractivity contribution in [1.29, 1.82) is 0 Å². The third kappa shape index (κ3) is 2.88. The van der Waals surface area contributed by atoms with Crippen LogP contribution in [0.25, 0.3) is 11.0 Å². The molecule has 6 heteroatoms. The summed E-state index contributed by atoms with van der Waals surface area (Å²) >= 11 is 0. The summed E-state index contributed by atoms with van der Waals surface area (Å²) in [7, 11) is 0. The molecule has 1 aliphatic rings. The maximum Gasteiger partial charge on any atom is 0.291 e. The summed E-state index contributed by atoms with van der Waals surface area (Å²) in [6, 6.07) is 17.9. The average Bonchev–Trinajstić information content (AvgIpc) is 3.03. The second-order valence-corrected chi connectivity index (χ2v) is 7.19. The minimum absolute atomic E-state index is 0.0462. The van der Waals surface area contributed by atoms with E-state index in [1.54, 1.807) is 12.1 Å². The Morgan fingerprint density at radius 2 is 1.57 bits per heavy atom. The number of fused-ring (bicyclic) bond motifs is 2. The van der Waals surface area contributed by atoms with Gasteiger partial charge in [-0.25, -0.2) is 8.78 Å². The van der Waals surface area contributed by atoms with Gasteiger partial charge in [0.15, 0.2) is 5.43 Å². The quantitative estimate of drug-likeness (QED) is 0.493. The predicted octanol–water partition coefficient (Wildman–Crippen LogP) is 4.82. The third-order valence-corrected chi connectivity index (χ3v) is 5.31. The van der Waals surface area contributed by atoms with Crippen LogP contribution in [0.15, 0.2) is 82.0 Å². The van der Waals surface area contributed by atoms with Gasteiger partial charge in [-0.05, 0) is 41.5 Å². The second kappa shape index (κ2) is 6.91. The van der Waals surface area contributed by atoms with Crippen LogP contribution in [-0.4, -0.2) is 10.8 Å². The zero-order chi connectivity index (χ0) is 20.8. The summed E-state index contributed by atoms with van der Waals surface area (Å²) in [5.41, 5.74) is 1.35. The Morgan fingerprint density at radius 3 is 2.30 bits per heavy atom. The molecular weight excluding hydrogens is 388 g/mol. The lowest BCUT2D eigenvalue weighted by Gasteiger charge is -2.25. The number of carbonyl (C=O) groups excluding carboxylic acids is 1. The van der Waals surface area contributed by atoms with Crippen molar-refractivity contribution in [3.8, 4) is 0 Å². The van der Waals surface area contributed by atoms with Crippen LogP contribution in [0.2, 0.25) is 0 Å². The Kier molecular flexibility index (Phi) is 4.20. The molecule has 0 fully saturated rings. The molecular formula is C24H15F2NO3. The van der Waals surface area contributed by atoms with E-state index in [0.29, 0.717) is 5.56 Å². The van der Waals surface area contributed by atoms with E-state index < -0.39 is 23.2 Å². The molecule has 1 unspecified atom stereocenters. The zero-order valence-corrected chi connectivity index (χ0v) is 15.6. The van der Waals surface area contributed by atoms with Crippen LogP contribution in [-0.2, 0) is 6.54 Å². The normalized spacial score (nSPS) is 15.6. The average molecular weight is 403 g/mol. The number of halogens is 2. The number of amides is 1. The minimum atomic E-state index is -0.692. The van der Waals surface area contributed by atoms with Gasteiger partial charge in [-0.1, -0.05) is 42.5 Å². The third-order valence-electron chi connectivity index (χ3n) is 5.31. The van der Waals surface area contributed by atoms with E-state index in [-0.39, 0.29) is 34.7 Å². The molecule has 0 radical (unpaired) electrons. The Morgan fingerprint density at radius 1 is 0.867 bits per heavy atom. The smallest absolute Gasteiger partial charge is 0.291 e. The van der Waals surface area contributed by atoms with Crippen molar-refractivity contribution < 1.29 is 18.0 Å². The fourth-order valence-electron chi connectivity index (χ4n) is 3.92. The summed E-state index contributed by atoms with van der Waals surface area (Å²) in [6.45, 7) is 0.160. The maximum absolute atomic E-state index is 13.8. The van der Waals surface area contributed by atoms with E-state index in [1.807, 2.05) is 30.3 Å². The van der Waals surface area contributed by atoms with Crippen molar-refractivity contribution in [3.05, 3.63) is 117 Å². The lowest BCUT2D eigenvalue weighted by molar-refractivity contribution is 0.0714. The van der Waals surface area contributed by atoms with E-state index in [2.05, 4.69) is 0 Å². The highest BCUT2D eigenvalue weighted by atomic mass is 19.1. The fraction of sp³-hybridized carbons (Fsp3) is 0.0833. The first-order chi connectivity index (χ1) is 14.5. The number of rotatable bonds is 3. The molecule has 0 spiro atoms. The zero-order valence-electron chi connectivity index (χ0n) is 15.6. The van der Waals surface area contributed by atoms with E-state index >= 15 is 0 Å². The summed E-state index contributed by atoms with van der Waals surface area (Å²) in [4.78, 5) is 28.1. The number of benzene rings is 3. The van der Waals surface area contributed by atoms with Gasteiger partial charge >= 0.3 is 0 Å². The van der Waals surface area contributed by atoms with E-state index in [0.717, 1.165) is 11.6 Å². The SMILES string of the molecule is O=C1c2oc3ccc(F)cc3c(=O)c2C(c2ccccc2)N1Cc1ccc(F)cc1. The summed E-state index contributed by atoms with van der Waals surface area (Å²) in [5.74, 6) is -1.42. The number of hydrogen-bond acceptors (Lipinski definition) is 3. The first-order valence-corrected chi connectivity index (χ1v) is 9.39.